The van der Waals surface area contributed by atoms with Crippen LogP contribution in [0.1, 0.15) is 24.8 Å². The number of hydrogen-bond donors (Lipinski definition) is 1. The van der Waals surface area contributed by atoms with E-state index in [9.17, 15) is 0 Å². The highest BCUT2D eigenvalue weighted by Gasteiger charge is 2.11. The SMILES string of the molecule is N#Cc1ccc(Br)cc1NN1CCCCC1. The first kappa shape index (κ1) is 11.4. The molecule has 0 amide bonds. The van der Waals surface area contributed by atoms with E-state index in [1.807, 2.05) is 18.2 Å². The predicted molar refractivity (Wildman–Crippen MR) is 67.9 cm³/mol. The quantitative estimate of drug-likeness (QED) is 0.904. The molecule has 1 aromatic rings. The summed E-state index contributed by atoms with van der Waals surface area (Å²) in [6.45, 7) is 2.11. The molecule has 1 aliphatic heterocycles. The average Bonchev–Trinajstić information content (AvgIpc) is 2.31. The molecule has 1 fully saturated rings. The highest BCUT2D eigenvalue weighted by molar-refractivity contribution is 9.10. The van der Waals surface area contributed by atoms with Gasteiger partial charge in [-0.15, -0.1) is 0 Å². The monoisotopic (exact) mass is 279 g/mol. The van der Waals surface area contributed by atoms with Crippen molar-refractivity contribution in [2.24, 2.45) is 0 Å². The van der Waals surface area contributed by atoms with Gasteiger partial charge >= 0.3 is 0 Å². The van der Waals surface area contributed by atoms with Crippen molar-refractivity contribution in [1.29, 1.82) is 5.26 Å². The van der Waals surface area contributed by atoms with Gasteiger partial charge in [-0.05, 0) is 31.0 Å². The Balaban J connectivity index is 2.13. The molecular formula is C12H14BrN3. The molecule has 1 aliphatic rings. The second-order valence-corrected chi connectivity index (χ2v) is 4.88. The van der Waals surface area contributed by atoms with Gasteiger partial charge in [0.1, 0.15) is 6.07 Å². The van der Waals surface area contributed by atoms with E-state index < -0.39 is 0 Å². The molecule has 0 spiro atoms. The van der Waals surface area contributed by atoms with Crippen molar-refractivity contribution in [3.05, 3.63) is 28.2 Å². The van der Waals surface area contributed by atoms with E-state index in [2.05, 4.69) is 32.4 Å². The fourth-order valence-corrected chi connectivity index (χ4v) is 2.24. The third-order valence-corrected chi connectivity index (χ3v) is 3.23. The molecule has 0 unspecified atom stereocenters. The number of rotatable bonds is 2. The number of nitriles is 1. The smallest absolute Gasteiger partial charge is 0.101 e. The molecule has 0 saturated carbocycles. The number of hydrazine groups is 1. The summed E-state index contributed by atoms with van der Waals surface area (Å²) in [7, 11) is 0. The Morgan fingerprint density at radius 2 is 2.00 bits per heavy atom. The number of piperidine rings is 1. The van der Waals surface area contributed by atoms with E-state index in [0.717, 1.165) is 23.2 Å². The maximum Gasteiger partial charge on any atom is 0.101 e. The van der Waals surface area contributed by atoms with Crippen LogP contribution < -0.4 is 5.43 Å². The third kappa shape index (κ3) is 2.75. The lowest BCUT2D eigenvalue weighted by atomic mass is 10.1. The summed E-state index contributed by atoms with van der Waals surface area (Å²) in [6.07, 6.45) is 3.76. The molecule has 4 heteroatoms. The zero-order chi connectivity index (χ0) is 11.4. The van der Waals surface area contributed by atoms with Crippen molar-refractivity contribution in [3.63, 3.8) is 0 Å². The van der Waals surface area contributed by atoms with Crippen molar-refractivity contribution >= 4 is 21.6 Å². The number of nitrogens with one attached hydrogen (secondary N) is 1. The van der Waals surface area contributed by atoms with Gasteiger partial charge in [0, 0.05) is 17.6 Å². The van der Waals surface area contributed by atoms with E-state index in [0.29, 0.717) is 5.56 Å². The van der Waals surface area contributed by atoms with Crippen LogP contribution in [0.5, 0.6) is 0 Å². The normalized spacial score (nSPS) is 16.8. The van der Waals surface area contributed by atoms with Gasteiger partial charge in [-0.3, -0.25) is 0 Å². The number of anilines is 1. The van der Waals surface area contributed by atoms with E-state index in [1.165, 1.54) is 19.3 Å². The first-order valence-corrected chi connectivity index (χ1v) is 6.30. The zero-order valence-electron chi connectivity index (χ0n) is 9.04. The molecule has 0 atom stereocenters. The lowest BCUT2D eigenvalue weighted by molar-refractivity contribution is 0.273. The minimum atomic E-state index is 0.689. The Morgan fingerprint density at radius 3 is 2.69 bits per heavy atom. The summed E-state index contributed by atoms with van der Waals surface area (Å²) in [4.78, 5) is 0. The molecule has 1 saturated heterocycles. The van der Waals surface area contributed by atoms with Crippen molar-refractivity contribution < 1.29 is 0 Å². The molecule has 2 rings (SSSR count). The molecule has 0 aromatic heterocycles. The van der Waals surface area contributed by atoms with Gasteiger partial charge in [0.05, 0.1) is 11.3 Å². The van der Waals surface area contributed by atoms with Gasteiger partial charge < -0.3 is 5.43 Å². The molecular weight excluding hydrogens is 266 g/mol. The summed E-state index contributed by atoms with van der Waals surface area (Å²) < 4.78 is 0.992. The lowest BCUT2D eigenvalue weighted by Gasteiger charge is -2.28. The molecule has 84 valence electrons. The summed E-state index contributed by atoms with van der Waals surface area (Å²) in [6, 6.07) is 7.87. The van der Waals surface area contributed by atoms with Crippen LogP contribution in [0.4, 0.5) is 5.69 Å². The third-order valence-electron chi connectivity index (χ3n) is 2.74. The second kappa shape index (κ2) is 5.33. The molecule has 3 nitrogen and oxygen atoms in total. The molecule has 0 aliphatic carbocycles. The maximum atomic E-state index is 9.01. The zero-order valence-corrected chi connectivity index (χ0v) is 10.6. The Kier molecular flexibility index (Phi) is 3.81. The standard InChI is InChI=1S/C12H14BrN3/c13-11-5-4-10(9-14)12(8-11)15-16-6-2-1-3-7-16/h4-5,8,15H,1-3,6-7H2. The van der Waals surface area contributed by atoms with Gasteiger partial charge in [-0.1, -0.05) is 22.4 Å². The van der Waals surface area contributed by atoms with Gasteiger partial charge in [0.2, 0.25) is 0 Å². The van der Waals surface area contributed by atoms with Crippen LogP contribution in [0.2, 0.25) is 0 Å². The Bertz CT molecular complexity index is 405. The van der Waals surface area contributed by atoms with E-state index in [-0.39, 0.29) is 0 Å². The van der Waals surface area contributed by atoms with Crippen molar-refractivity contribution in [2.45, 2.75) is 19.3 Å². The summed E-state index contributed by atoms with van der Waals surface area (Å²) in [5.74, 6) is 0. The predicted octanol–water partition coefficient (Wildman–Crippen LogP) is 3.13. The fraction of sp³-hybridized carbons (Fsp3) is 0.417. The highest BCUT2D eigenvalue weighted by atomic mass is 79.9. The van der Waals surface area contributed by atoms with Crippen molar-refractivity contribution in [1.82, 2.24) is 5.01 Å². The van der Waals surface area contributed by atoms with Crippen LogP contribution in [-0.4, -0.2) is 18.1 Å². The first-order valence-electron chi connectivity index (χ1n) is 5.51. The van der Waals surface area contributed by atoms with Crippen molar-refractivity contribution in [2.75, 3.05) is 18.5 Å². The van der Waals surface area contributed by atoms with Crippen LogP contribution in [0.3, 0.4) is 0 Å². The van der Waals surface area contributed by atoms with Crippen LogP contribution in [0, 0.1) is 11.3 Å². The largest absolute Gasteiger partial charge is 0.317 e. The topological polar surface area (TPSA) is 39.1 Å². The molecule has 16 heavy (non-hydrogen) atoms. The van der Waals surface area contributed by atoms with Crippen LogP contribution >= 0.6 is 15.9 Å². The Labute approximate surface area is 104 Å². The molecule has 1 aromatic carbocycles. The van der Waals surface area contributed by atoms with Crippen LogP contribution in [0.25, 0.3) is 0 Å². The van der Waals surface area contributed by atoms with E-state index in [1.54, 1.807) is 0 Å². The second-order valence-electron chi connectivity index (χ2n) is 3.96. The molecule has 1 heterocycles. The minimum absolute atomic E-state index is 0.689. The number of halogens is 1. The van der Waals surface area contributed by atoms with Gasteiger partial charge in [-0.2, -0.15) is 5.26 Å². The summed E-state index contributed by atoms with van der Waals surface area (Å²) in [5, 5.41) is 11.2. The van der Waals surface area contributed by atoms with Crippen LogP contribution in [0.15, 0.2) is 22.7 Å². The lowest BCUT2D eigenvalue weighted by Crippen LogP contribution is -2.35. The van der Waals surface area contributed by atoms with Crippen molar-refractivity contribution in [3.8, 4) is 6.07 Å². The van der Waals surface area contributed by atoms with Gasteiger partial charge in [0.25, 0.3) is 0 Å². The summed E-state index contributed by atoms with van der Waals surface area (Å²) in [5.41, 5.74) is 4.90. The summed E-state index contributed by atoms with van der Waals surface area (Å²) >= 11 is 3.42. The van der Waals surface area contributed by atoms with E-state index >= 15 is 0 Å². The Hall–Kier alpha value is -1.05. The average molecular weight is 280 g/mol. The maximum absolute atomic E-state index is 9.01. The number of nitrogens with zero attached hydrogens (tertiary/aromatic N) is 2. The molecule has 0 bridgehead atoms. The minimum Gasteiger partial charge on any atom is -0.317 e. The first-order chi connectivity index (χ1) is 7.79. The highest BCUT2D eigenvalue weighted by Crippen LogP contribution is 2.22. The van der Waals surface area contributed by atoms with E-state index in [4.69, 9.17) is 5.26 Å². The van der Waals surface area contributed by atoms with Crippen LogP contribution in [-0.2, 0) is 0 Å². The molecule has 0 radical (unpaired) electrons. The Morgan fingerprint density at radius 1 is 1.25 bits per heavy atom. The van der Waals surface area contributed by atoms with Gasteiger partial charge in [0.15, 0.2) is 0 Å². The molecule has 1 N–H and O–H groups in total. The number of hydrogen-bond acceptors (Lipinski definition) is 3. The number of benzene rings is 1. The van der Waals surface area contributed by atoms with Gasteiger partial charge in [-0.25, -0.2) is 5.01 Å². The fourth-order valence-electron chi connectivity index (χ4n) is 1.88.